The zero-order chi connectivity index (χ0) is 17.8. The number of aryl methyl sites for hydroxylation is 1. The summed E-state index contributed by atoms with van der Waals surface area (Å²) in [6.45, 7) is 3.04. The second-order valence-corrected chi connectivity index (χ2v) is 6.27. The number of anilines is 1. The molecular formula is C18H21FN6. The third kappa shape index (κ3) is 4.19. The first-order valence-electron chi connectivity index (χ1n) is 8.04. The van der Waals surface area contributed by atoms with Crippen molar-refractivity contribution < 1.29 is 4.39 Å². The van der Waals surface area contributed by atoms with Gasteiger partial charge >= 0.3 is 0 Å². The average Bonchev–Trinajstić information content (AvgIpc) is 3.04. The number of nitrogens with zero attached hydrogens (tertiary/aromatic N) is 5. The molecule has 0 saturated heterocycles. The van der Waals surface area contributed by atoms with Crippen LogP contribution in [0.2, 0.25) is 0 Å². The summed E-state index contributed by atoms with van der Waals surface area (Å²) < 4.78 is 15.8. The highest BCUT2D eigenvalue weighted by Crippen LogP contribution is 2.15. The Kier molecular flexibility index (Phi) is 5.04. The van der Waals surface area contributed by atoms with Gasteiger partial charge in [0.15, 0.2) is 0 Å². The molecule has 0 unspecified atom stereocenters. The van der Waals surface area contributed by atoms with Gasteiger partial charge in [0.1, 0.15) is 5.82 Å². The highest BCUT2D eigenvalue weighted by Gasteiger charge is 2.09. The SMILES string of the molecule is Cc1ccc(-n2nnnc2NCc2ccc(CN(C)C)c(F)c2)cc1. The Hall–Kier alpha value is -2.80. The van der Waals surface area contributed by atoms with Gasteiger partial charge in [0, 0.05) is 18.7 Å². The first-order chi connectivity index (χ1) is 12.0. The van der Waals surface area contributed by atoms with Gasteiger partial charge < -0.3 is 10.2 Å². The van der Waals surface area contributed by atoms with E-state index in [1.165, 1.54) is 5.56 Å². The Labute approximate surface area is 146 Å². The van der Waals surface area contributed by atoms with E-state index in [0.29, 0.717) is 24.6 Å². The number of rotatable bonds is 6. The van der Waals surface area contributed by atoms with Crippen LogP contribution >= 0.6 is 0 Å². The highest BCUT2D eigenvalue weighted by molar-refractivity contribution is 5.40. The number of hydrogen-bond acceptors (Lipinski definition) is 5. The van der Waals surface area contributed by atoms with Crippen molar-refractivity contribution >= 4 is 5.95 Å². The topological polar surface area (TPSA) is 58.9 Å². The second-order valence-electron chi connectivity index (χ2n) is 6.27. The standard InChI is InChI=1S/C18H21FN6/c1-13-4-8-16(9-5-13)25-18(21-22-23-25)20-11-14-6-7-15(12-24(2)3)17(19)10-14/h4-10H,11-12H2,1-3H3,(H,20,21,23). The van der Waals surface area contributed by atoms with Crippen molar-refractivity contribution in [3.8, 4) is 5.69 Å². The summed E-state index contributed by atoms with van der Waals surface area (Å²) in [6.07, 6.45) is 0. The number of aromatic nitrogens is 4. The second kappa shape index (κ2) is 7.40. The van der Waals surface area contributed by atoms with Crippen LogP contribution in [-0.2, 0) is 13.1 Å². The van der Waals surface area contributed by atoms with Crippen LogP contribution in [0.4, 0.5) is 10.3 Å². The summed E-state index contributed by atoms with van der Waals surface area (Å²) in [6, 6.07) is 13.2. The molecule has 7 heteroatoms. The van der Waals surface area contributed by atoms with E-state index in [0.717, 1.165) is 11.3 Å². The lowest BCUT2D eigenvalue weighted by atomic mass is 10.1. The Morgan fingerprint density at radius 1 is 1.12 bits per heavy atom. The van der Waals surface area contributed by atoms with E-state index in [2.05, 4.69) is 20.8 Å². The van der Waals surface area contributed by atoms with Crippen molar-refractivity contribution in [3.63, 3.8) is 0 Å². The van der Waals surface area contributed by atoms with E-state index in [9.17, 15) is 4.39 Å². The number of nitrogens with one attached hydrogen (secondary N) is 1. The van der Waals surface area contributed by atoms with Gasteiger partial charge in [-0.05, 0) is 55.2 Å². The van der Waals surface area contributed by atoms with Gasteiger partial charge in [0.2, 0.25) is 5.95 Å². The van der Waals surface area contributed by atoms with Crippen molar-refractivity contribution in [3.05, 3.63) is 65.0 Å². The van der Waals surface area contributed by atoms with Crippen LogP contribution in [0.1, 0.15) is 16.7 Å². The van der Waals surface area contributed by atoms with Gasteiger partial charge in [0.05, 0.1) is 5.69 Å². The minimum Gasteiger partial charge on any atom is -0.349 e. The summed E-state index contributed by atoms with van der Waals surface area (Å²) in [5, 5.41) is 14.9. The molecule has 130 valence electrons. The van der Waals surface area contributed by atoms with E-state index in [-0.39, 0.29) is 5.82 Å². The normalized spacial score (nSPS) is 11.1. The van der Waals surface area contributed by atoms with E-state index >= 15 is 0 Å². The van der Waals surface area contributed by atoms with Gasteiger partial charge in [0.25, 0.3) is 0 Å². The molecule has 3 rings (SSSR count). The molecule has 0 radical (unpaired) electrons. The minimum atomic E-state index is -0.203. The molecule has 6 nitrogen and oxygen atoms in total. The molecule has 0 fully saturated rings. The van der Waals surface area contributed by atoms with Gasteiger partial charge in [-0.15, -0.1) is 0 Å². The number of benzene rings is 2. The third-order valence-corrected chi connectivity index (χ3v) is 3.80. The summed E-state index contributed by atoms with van der Waals surface area (Å²) >= 11 is 0. The first-order valence-corrected chi connectivity index (χ1v) is 8.04. The molecule has 0 aliphatic carbocycles. The van der Waals surface area contributed by atoms with E-state index < -0.39 is 0 Å². The Bertz CT molecular complexity index is 841. The molecule has 0 spiro atoms. The summed E-state index contributed by atoms with van der Waals surface area (Å²) in [5.74, 6) is 0.313. The summed E-state index contributed by atoms with van der Waals surface area (Å²) in [5.41, 5.74) is 3.54. The van der Waals surface area contributed by atoms with Crippen molar-refractivity contribution in [2.75, 3.05) is 19.4 Å². The van der Waals surface area contributed by atoms with Crippen molar-refractivity contribution in [2.24, 2.45) is 0 Å². The third-order valence-electron chi connectivity index (χ3n) is 3.80. The Morgan fingerprint density at radius 3 is 2.56 bits per heavy atom. The van der Waals surface area contributed by atoms with E-state index in [1.54, 1.807) is 10.7 Å². The average molecular weight is 340 g/mol. The van der Waals surface area contributed by atoms with Crippen LogP contribution in [0, 0.1) is 12.7 Å². The summed E-state index contributed by atoms with van der Waals surface area (Å²) in [7, 11) is 3.83. The van der Waals surface area contributed by atoms with Crippen molar-refractivity contribution in [2.45, 2.75) is 20.0 Å². The number of halogens is 1. The fraction of sp³-hybridized carbons (Fsp3) is 0.278. The molecule has 3 aromatic rings. The Balaban J connectivity index is 1.71. The van der Waals surface area contributed by atoms with Crippen LogP contribution in [0.15, 0.2) is 42.5 Å². The molecule has 25 heavy (non-hydrogen) atoms. The lowest BCUT2D eigenvalue weighted by molar-refractivity contribution is 0.392. The van der Waals surface area contributed by atoms with Crippen LogP contribution in [0.3, 0.4) is 0 Å². The predicted octanol–water partition coefficient (Wildman–Crippen LogP) is 2.78. The van der Waals surface area contributed by atoms with Gasteiger partial charge in [-0.2, -0.15) is 4.68 Å². The molecule has 0 aliphatic rings. The smallest absolute Gasteiger partial charge is 0.248 e. The molecule has 1 aromatic heterocycles. The van der Waals surface area contributed by atoms with Crippen molar-refractivity contribution in [1.29, 1.82) is 0 Å². The van der Waals surface area contributed by atoms with Crippen molar-refractivity contribution in [1.82, 2.24) is 25.1 Å². The lowest BCUT2D eigenvalue weighted by Crippen LogP contribution is -2.12. The van der Waals surface area contributed by atoms with E-state index in [1.807, 2.05) is 62.3 Å². The maximum Gasteiger partial charge on any atom is 0.248 e. The maximum atomic E-state index is 14.2. The molecule has 1 heterocycles. The molecule has 0 saturated carbocycles. The number of hydrogen-bond donors (Lipinski definition) is 1. The minimum absolute atomic E-state index is 0.203. The molecule has 0 amide bonds. The monoisotopic (exact) mass is 340 g/mol. The highest BCUT2D eigenvalue weighted by atomic mass is 19.1. The molecule has 0 aliphatic heterocycles. The quantitative estimate of drug-likeness (QED) is 0.748. The number of tetrazole rings is 1. The molecule has 0 atom stereocenters. The predicted molar refractivity (Wildman–Crippen MR) is 95.0 cm³/mol. The first kappa shape index (κ1) is 17.0. The molecule has 1 N–H and O–H groups in total. The largest absolute Gasteiger partial charge is 0.349 e. The maximum absolute atomic E-state index is 14.2. The fourth-order valence-electron chi connectivity index (χ4n) is 2.51. The van der Waals surface area contributed by atoms with E-state index in [4.69, 9.17) is 0 Å². The van der Waals surface area contributed by atoms with Crippen LogP contribution in [0.5, 0.6) is 0 Å². The molecule has 2 aromatic carbocycles. The van der Waals surface area contributed by atoms with Gasteiger partial charge in [-0.25, -0.2) is 4.39 Å². The zero-order valence-electron chi connectivity index (χ0n) is 14.6. The lowest BCUT2D eigenvalue weighted by Gasteiger charge is -2.12. The zero-order valence-corrected chi connectivity index (χ0v) is 14.6. The van der Waals surface area contributed by atoms with Gasteiger partial charge in [-0.1, -0.05) is 34.9 Å². The van der Waals surface area contributed by atoms with Crippen LogP contribution < -0.4 is 5.32 Å². The molecular weight excluding hydrogens is 319 g/mol. The Morgan fingerprint density at radius 2 is 1.88 bits per heavy atom. The fourth-order valence-corrected chi connectivity index (χ4v) is 2.51. The van der Waals surface area contributed by atoms with Crippen LogP contribution in [0.25, 0.3) is 5.69 Å². The van der Waals surface area contributed by atoms with Gasteiger partial charge in [-0.3, -0.25) is 0 Å². The van der Waals surface area contributed by atoms with Crippen LogP contribution in [-0.4, -0.2) is 39.2 Å². The summed E-state index contributed by atoms with van der Waals surface area (Å²) in [4.78, 5) is 1.94. The molecule has 0 bridgehead atoms.